The molecular formula is C13H18N2O2S. The molecule has 0 spiro atoms. The second-order valence-electron chi connectivity index (χ2n) is 5.20. The summed E-state index contributed by atoms with van der Waals surface area (Å²) >= 11 is 0. The molecule has 1 fully saturated rings. The van der Waals surface area contributed by atoms with Crippen molar-refractivity contribution >= 4 is 15.7 Å². The molecule has 1 aromatic rings. The van der Waals surface area contributed by atoms with E-state index in [4.69, 9.17) is 0 Å². The molecule has 0 unspecified atom stereocenters. The maximum Gasteiger partial charge on any atom is 0.233 e. The van der Waals surface area contributed by atoms with Crippen LogP contribution in [-0.4, -0.2) is 20.7 Å². The Balaban J connectivity index is 1.83. The third-order valence-corrected chi connectivity index (χ3v) is 5.00. The molecule has 1 saturated carbocycles. The lowest BCUT2D eigenvalue weighted by molar-refractivity contribution is 0.597. The Kier molecular flexibility index (Phi) is 3.03. The van der Waals surface area contributed by atoms with E-state index < -0.39 is 10.0 Å². The highest BCUT2D eigenvalue weighted by Crippen LogP contribution is 2.31. The van der Waals surface area contributed by atoms with Gasteiger partial charge in [0.1, 0.15) is 0 Å². The molecule has 3 rings (SSSR count). The van der Waals surface area contributed by atoms with Gasteiger partial charge in [-0.25, -0.2) is 8.42 Å². The minimum absolute atomic E-state index is 0.273. The first-order valence-corrected chi connectivity index (χ1v) is 8.11. The van der Waals surface area contributed by atoms with E-state index in [1.54, 1.807) is 0 Å². The molecule has 0 saturated heterocycles. The summed E-state index contributed by atoms with van der Waals surface area (Å²) in [6.45, 7) is 1.74. The molecule has 4 nitrogen and oxygen atoms in total. The molecule has 1 aliphatic carbocycles. The molecule has 0 atom stereocenters. The maximum absolute atomic E-state index is 12.0. The van der Waals surface area contributed by atoms with Gasteiger partial charge in [-0.05, 0) is 48.9 Å². The van der Waals surface area contributed by atoms with Crippen LogP contribution in [0.15, 0.2) is 18.2 Å². The fourth-order valence-corrected chi connectivity index (χ4v) is 4.00. The molecule has 1 aliphatic heterocycles. The first kappa shape index (κ1) is 12.0. The van der Waals surface area contributed by atoms with Gasteiger partial charge in [0.15, 0.2) is 0 Å². The molecule has 0 bridgehead atoms. The van der Waals surface area contributed by atoms with Gasteiger partial charge in [0.25, 0.3) is 0 Å². The van der Waals surface area contributed by atoms with E-state index in [-0.39, 0.29) is 5.75 Å². The summed E-state index contributed by atoms with van der Waals surface area (Å²) in [4.78, 5) is 0. The van der Waals surface area contributed by atoms with Gasteiger partial charge in [-0.3, -0.25) is 4.72 Å². The lowest BCUT2D eigenvalue weighted by Gasteiger charge is -2.21. The van der Waals surface area contributed by atoms with Crippen LogP contribution in [0.3, 0.4) is 0 Å². The van der Waals surface area contributed by atoms with E-state index in [2.05, 4.69) is 16.1 Å². The third kappa shape index (κ3) is 2.67. The number of hydrogen-bond donors (Lipinski definition) is 2. The minimum atomic E-state index is -3.18. The number of nitrogens with one attached hydrogen (secondary N) is 2. The lowest BCUT2D eigenvalue weighted by atomic mass is 9.99. The van der Waals surface area contributed by atoms with E-state index in [1.165, 1.54) is 5.56 Å². The Bertz CT molecular complexity index is 550. The van der Waals surface area contributed by atoms with Crippen molar-refractivity contribution in [3.05, 3.63) is 29.3 Å². The molecule has 1 aromatic carbocycles. The van der Waals surface area contributed by atoms with Gasteiger partial charge in [0.2, 0.25) is 10.0 Å². The Morgan fingerprint density at radius 3 is 2.94 bits per heavy atom. The molecule has 0 aromatic heterocycles. The van der Waals surface area contributed by atoms with E-state index in [0.29, 0.717) is 5.92 Å². The first-order valence-electron chi connectivity index (χ1n) is 6.46. The molecule has 98 valence electrons. The molecule has 0 amide bonds. The predicted octanol–water partition coefficient (Wildman–Crippen LogP) is 1.48. The fourth-order valence-electron chi connectivity index (χ4n) is 2.43. The second kappa shape index (κ2) is 4.55. The van der Waals surface area contributed by atoms with Crippen molar-refractivity contribution in [3.8, 4) is 0 Å². The van der Waals surface area contributed by atoms with Gasteiger partial charge < -0.3 is 5.32 Å². The van der Waals surface area contributed by atoms with Crippen molar-refractivity contribution < 1.29 is 8.42 Å². The SMILES string of the molecule is O=S(=O)(CC1CC1)Nc1cccc2c1CCNC2. The van der Waals surface area contributed by atoms with Crippen molar-refractivity contribution in [2.45, 2.75) is 25.8 Å². The number of rotatable bonds is 4. The maximum atomic E-state index is 12.0. The van der Waals surface area contributed by atoms with Gasteiger partial charge in [0, 0.05) is 6.54 Å². The molecule has 0 radical (unpaired) electrons. The number of sulfonamides is 1. The standard InChI is InChI=1S/C13H18N2O2S/c16-18(17,9-10-4-5-10)15-13-3-1-2-11-8-14-7-6-12(11)13/h1-3,10,14-15H,4-9H2. The van der Waals surface area contributed by atoms with Crippen LogP contribution in [0.2, 0.25) is 0 Å². The van der Waals surface area contributed by atoms with Crippen LogP contribution in [0.5, 0.6) is 0 Å². The number of benzene rings is 1. The summed E-state index contributed by atoms with van der Waals surface area (Å²) in [6.07, 6.45) is 2.99. The van der Waals surface area contributed by atoms with E-state index >= 15 is 0 Å². The van der Waals surface area contributed by atoms with Crippen molar-refractivity contribution in [2.24, 2.45) is 5.92 Å². The largest absolute Gasteiger partial charge is 0.312 e. The zero-order valence-electron chi connectivity index (χ0n) is 10.3. The van der Waals surface area contributed by atoms with Gasteiger partial charge in [-0.2, -0.15) is 0 Å². The summed E-state index contributed by atoms with van der Waals surface area (Å²) in [5.41, 5.74) is 3.12. The summed E-state index contributed by atoms with van der Waals surface area (Å²) < 4.78 is 26.8. The second-order valence-corrected chi connectivity index (χ2v) is 6.96. The monoisotopic (exact) mass is 266 g/mol. The van der Waals surface area contributed by atoms with Crippen LogP contribution >= 0.6 is 0 Å². The molecule has 5 heteroatoms. The highest BCUT2D eigenvalue weighted by Gasteiger charge is 2.28. The smallest absolute Gasteiger partial charge is 0.233 e. The topological polar surface area (TPSA) is 58.2 Å². The minimum Gasteiger partial charge on any atom is -0.312 e. The zero-order valence-corrected chi connectivity index (χ0v) is 11.1. The molecule has 1 heterocycles. The molecular weight excluding hydrogens is 248 g/mol. The average Bonchev–Trinajstić information content (AvgIpc) is 3.12. The van der Waals surface area contributed by atoms with E-state index in [1.807, 2.05) is 12.1 Å². The normalized spacial score (nSPS) is 19.3. The van der Waals surface area contributed by atoms with Crippen LogP contribution in [0.1, 0.15) is 24.0 Å². The predicted molar refractivity (Wildman–Crippen MR) is 72.0 cm³/mol. The Labute approximate surface area is 108 Å². The van der Waals surface area contributed by atoms with E-state index in [9.17, 15) is 8.42 Å². The van der Waals surface area contributed by atoms with Crippen LogP contribution in [0.4, 0.5) is 5.69 Å². The van der Waals surface area contributed by atoms with Crippen molar-refractivity contribution in [2.75, 3.05) is 17.0 Å². The summed E-state index contributed by atoms with van der Waals surface area (Å²) in [6, 6.07) is 5.84. The highest BCUT2D eigenvalue weighted by molar-refractivity contribution is 7.92. The van der Waals surface area contributed by atoms with E-state index in [0.717, 1.165) is 43.6 Å². The number of hydrogen-bond acceptors (Lipinski definition) is 3. The Hall–Kier alpha value is -1.07. The Morgan fingerprint density at radius 2 is 2.17 bits per heavy atom. The van der Waals surface area contributed by atoms with Crippen molar-refractivity contribution in [1.29, 1.82) is 0 Å². The number of anilines is 1. The van der Waals surface area contributed by atoms with Gasteiger partial charge >= 0.3 is 0 Å². The van der Waals surface area contributed by atoms with Crippen molar-refractivity contribution in [1.82, 2.24) is 5.32 Å². The quantitative estimate of drug-likeness (QED) is 0.868. The van der Waals surface area contributed by atoms with Gasteiger partial charge in [0.05, 0.1) is 11.4 Å². The van der Waals surface area contributed by atoms with Gasteiger partial charge in [-0.15, -0.1) is 0 Å². The average molecular weight is 266 g/mol. The van der Waals surface area contributed by atoms with Gasteiger partial charge in [-0.1, -0.05) is 12.1 Å². The highest BCUT2D eigenvalue weighted by atomic mass is 32.2. The van der Waals surface area contributed by atoms with Crippen LogP contribution in [0, 0.1) is 5.92 Å². The van der Waals surface area contributed by atoms with Crippen LogP contribution in [-0.2, 0) is 23.0 Å². The third-order valence-electron chi connectivity index (χ3n) is 3.56. The Morgan fingerprint density at radius 1 is 1.33 bits per heavy atom. The fraction of sp³-hybridized carbons (Fsp3) is 0.538. The van der Waals surface area contributed by atoms with Crippen molar-refractivity contribution in [3.63, 3.8) is 0 Å². The van der Waals surface area contributed by atoms with Crippen LogP contribution in [0.25, 0.3) is 0 Å². The lowest BCUT2D eigenvalue weighted by Crippen LogP contribution is -2.26. The first-order chi connectivity index (χ1) is 8.64. The molecule has 18 heavy (non-hydrogen) atoms. The van der Waals surface area contributed by atoms with Crippen LogP contribution < -0.4 is 10.0 Å². The summed E-state index contributed by atoms with van der Waals surface area (Å²) in [5.74, 6) is 0.651. The zero-order chi connectivity index (χ0) is 12.6. The molecule has 2 aliphatic rings. The number of fused-ring (bicyclic) bond motifs is 1. The summed E-state index contributed by atoms with van der Waals surface area (Å²) in [5, 5.41) is 3.30. The molecule has 2 N–H and O–H groups in total. The summed E-state index contributed by atoms with van der Waals surface area (Å²) in [7, 11) is -3.18.